The van der Waals surface area contributed by atoms with Crippen molar-refractivity contribution in [1.29, 1.82) is 0 Å². The van der Waals surface area contributed by atoms with Gasteiger partial charge in [0.2, 0.25) is 10.0 Å². The van der Waals surface area contributed by atoms with Gasteiger partial charge < -0.3 is 9.84 Å². The fourth-order valence-corrected chi connectivity index (χ4v) is 5.98. The Bertz CT molecular complexity index is 1450. The van der Waals surface area contributed by atoms with E-state index in [1.165, 1.54) is 19.2 Å². The lowest BCUT2D eigenvalue weighted by molar-refractivity contribution is -0.140. The van der Waals surface area contributed by atoms with Crippen LogP contribution in [0.15, 0.2) is 59.5 Å². The van der Waals surface area contributed by atoms with Crippen molar-refractivity contribution in [3.63, 3.8) is 0 Å². The Balaban J connectivity index is 1.63. The monoisotopic (exact) mass is 537 g/mol. The van der Waals surface area contributed by atoms with Crippen LogP contribution in [0.3, 0.4) is 0 Å². The Morgan fingerprint density at radius 2 is 1.81 bits per heavy atom. The number of carboxylic acid groups (broad SMARTS) is 1. The molecule has 1 aliphatic rings. The molecule has 4 rings (SSSR count). The van der Waals surface area contributed by atoms with Crippen molar-refractivity contribution >= 4 is 16.0 Å². The summed E-state index contributed by atoms with van der Waals surface area (Å²) < 4.78 is 90.2. The molecule has 0 bridgehead atoms. The van der Waals surface area contributed by atoms with Crippen LogP contribution < -0.4 is 9.46 Å². The van der Waals surface area contributed by atoms with Crippen molar-refractivity contribution in [2.45, 2.75) is 42.8 Å². The van der Waals surface area contributed by atoms with Crippen LogP contribution in [0.4, 0.5) is 17.6 Å². The van der Waals surface area contributed by atoms with E-state index in [0.717, 1.165) is 34.9 Å². The Labute approximate surface area is 211 Å². The molecule has 0 aromatic heterocycles. The van der Waals surface area contributed by atoms with Gasteiger partial charge in [-0.2, -0.15) is 13.2 Å². The van der Waals surface area contributed by atoms with Crippen LogP contribution in [-0.2, 0) is 40.3 Å². The fourth-order valence-electron chi connectivity index (χ4n) is 4.54. The lowest BCUT2D eigenvalue weighted by atomic mass is 10.0. The molecular weight excluding hydrogens is 514 g/mol. The number of aliphatic carboxylic acids is 1. The number of alkyl halides is 3. The lowest BCUT2D eigenvalue weighted by Gasteiger charge is -2.18. The highest BCUT2D eigenvalue weighted by molar-refractivity contribution is 7.89. The highest BCUT2D eigenvalue weighted by Crippen LogP contribution is 2.40. The van der Waals surface area contributed by atoms with Crippen molar-refractivity contribution in [2.24, 2.45) is 0 Å². The minimum atomic E-state index is -5.03. The average molecular weight is 538 g/mol. The summed E-state index contributed by atoms with van der Waals surface area (Å²) >= 11 is 0. The molecule has 196 valence electrons. The van der Waals surface area contributed by atoms with Crippen molar-refractivity contribution < 1.29 is 40.6 Å². The van der Waals surface area contributed by atoms with Gasteiger partial charge in [-0.1, -0.05) is 30.3 Å². The number of aryl methyl sites for hydroxylation is 1. The van der Waals surface area contributed by atoms with Gasteiger partial charge >= 0.3 is 12.1 Å². The second kappa shape index (κ2) is 10.1. The zero-order valence-corrected chi connectivity index (χ0v) is 20.4. The van der Waals surface area contributed by atoms with Crippen molar-refractivity contribution in [2.75, 3.05) is 7.11 Å². The number of methoxy groups -OCH3 is 1. The maximum atomic E-state index is 14.5. The summed E-state index contributed by atoms with van der Waals surface area (Å²) in [6.07, 6.45) is -4.24. The number of carboxylic acids is 1. The Morgan fingerprint density at radius 3 is 2.49 bits per heavy atom. The summed E-state index contributed by atoms with van der Waals surface area (Å²) in [5, 5.41) is 8.87. The van der Waals surface area contributed by atoms with E-state index < -0.39 is 44.5 Å². The number of carbonyl (C=O) groups is 1. The van der Waals surface area contributed by atoms with Crippen molar-refractivity contribution in [3.8, 4) is 16.9 Å². The summed E-state index contributed by atoms with van der Waals surface area (Å²) in [7, 11) is -3.35. The maximum Gasteiger partial charge on any atom is 0.417 e. The van der Waals surface area contributed by atoms with E-state index in [4.69, 9.17) is 9.84 Å². The quantitative estimate of drug-likeness (QED) is 0.396. The van der Waals surface area contributed by atoms with Gasteiger partial charge in [-0.05, 0) is 65.8 Å². The van der Waals surface area contributed by atoms with E-state index in [9.17, 15) is 30.8 Å². The second-order valence-electron chi connectivity index (χ2n) is 8.75. The van der Waals surface area contributed by atoms with Crippen LogP contribution >= 0.6 is 0 Å². The Morgan fingerprint density at radius 1 is 1.08 bits per heavy atom. The van der Waals surface area contributed by atoms with Crippen LogP contribution in [0.25, 0.3) is 11.1 Å². The van der Waals surface area contributed by atoms with Gasteiger partial charge in [0.1, 0.15) is 11.6 Å². The van der Waals surface area contributed by atoms with Crippen LogP contribution in [0, 0.1) is 5.82 Å². The highest BCUT2D eigenvalue weighted by atomic mass is 32.2. The molecule has 0 saturated heterocycles. The van der Waals surface area contributed by atoms with E-state index in [2.05, 4.69) is 4.72 Å². The van der Waals surface area contributed by atoms with E-state index >= 15 is 0 Å². The number of hydrogen-bond donors (Lipinski definition) is 2. The first-order valence-electron chi connectivity index (χ1n) is 11.3. The molecule has 0 saturated carbocycles. The number of ether oxygens (including phenoxy) is 1. The second-order valence-corrected chi connectivity index (χ2v) is 10.4. The number of fused-ring (bicyclic) bond motifs is 1. The van der Waals surface area contributed by atoms with Gasteiger partial charge in [-0.15, -0.1) is 0 Å². The zero-order valence-electron chi connectivity index (χ0n) is 19.6. The minimum Gasteiger partial charge on any atom is -0.496 e. The predicted molar refractivity (Wildman–Crippen MR) is 127 cm³/mol. The third-order valence-corrected chi connectivity index (χ3v) is 7.79. The molecule has 3 aromatic rings. The summed E-state index contributed by atoms with van der Waals surface area (Å²) in [4.78, 5) is 9.86. The third-order valence-electron chi connectivity index (χ3n) is 6.21. The number of benzene rings is 3. The first-order valence-corrected chi connectivity index (χ1v) is 12.8. The fraction of sp³-hybridized carbons (Fsp3) is 0.269. The summed E-state index contributed by atoms with van der Waals surface area (Å²) in [5.74, 6) is -1.74. The van der Waals surface area contributed by atoms with Gasteiger partial charge in [0, 0.05) is 12.5 Å². The molecule has 0 heterocycles. The van der Waals surface area contributed by atoms with Crippen LogP contribution in [0.1, 0.15) is 28.7 Å². The van der Waals surface area contributed by atoms with Crippen LogP contribution in [-0.4, -0.2) is 32.6 Å². The van der Waals surface area contributed by atoms with Gasteiger partial charge in [0.15, 0.2) is 0 Å². The first kappa shape index (κ1) is 26.6. The molecule has 6 nitrogen and oxygen atoms in total. The molecule has 0 amide bonds. The van der Waals surface area contributed by atoms with Gasteiger partial charge in [-0.25, -0.2) is 17.5 Å². The molecule has 37 heavy (non-hydrogen) atoms. The molecular formula is C26H23F4NO5S. The predicted octanol–water partition coefficient (Wildman–Crippen LogP) is 4.98. The van der Waals surface area contributed by atoms with Crippen molar-refractivity contribution in [1.82, 2.24) is 4.72 Å². The molecule has 3 aromatic carbocycles. The van der Waals surface area contributed by atoms with E-state index in [0.29, 0.717) is 12.5 Å². The number of sulfonamides is 1. The smallest absolute Gasteiger partial charge is 0.417 e. The van der Waals surface area contributed by atoms with Gasteiger partial charge in [0.25, 0.3) is 0 Å². The topological polar surface area (TPSA) is 92.7 Å². The average Bonchev–Trinajstić information content (AvgIpc) is 3.22. The molecule has 11 heteroatoms. The number of rotatable bonds is 8. The standard InChI is InChI=1S/C26H23F4NO5S/c1-36-22-4-2-3-21(27)25(22)17-8-9-23(20(14-17)26(28,29)30)37(34,35)31-19-12-16-7-5-15(6-10-24(32)33)11-18(16)13-19/h2-5,7-9,11,14,19,31H,6,10,12-13H2,1H3,(H,32,33). The first-order chi connectivity index (χ1) is 17.4. The van der Waals surface area contributed by atoms with Crippen LogP contribution in [0.5, 0.6) is 5.75 Å². The Kier molecular flexibility index (Phi) is 7.29. The van der Waals surface area contributed by atoms with Gasteiger partial charge in [-0.3, -0.25) is 4.79 Å². The summed E-state index contributed by atoms with van der Waals surface area (Å²) in [6.45, 7) is 0. The lowest BCUT2D eigenvalue weighted by Crippen LogP contribution is -2.36. The van der Waals surface area contributed by atoms with E-state index in [1.807, 2.05) is 0 Å². The number of hydrogen-bond acceptors (Lipinski definition) is 4. The van der Waals surface area contributed by atoms with Crippen molar-refractivity contribution in [3.05, 3.63) is 82.7 Å². The SMILES string of the molecule is COc1cccc(F)c1-c1ccc(S(=O)(=O)NC2Cc3ccc(CCC(=O)O)cc3C2)c(C(F)(F)F)c1. The third kappa shape index (κ3) is 5.78. The van der Waals surface area contributed by atoms with E-state index in [1.54, 1.807) is 18.2 Å². The molecule has 1 atom stereocenters. The maximum absolute atomic E-state index is 14.5. The van der Waals surface area contributed by atoms with E-state index in [-0.39, 0.29) is 36.1 Å². The molecule has 1 aliphatic carbocycles. The number of halogens is 4. The summed E-state index contributed by atoms with van der Waals surface area (Å²) in [6, 6.07) is 11.0. The molecule has 0 spiro atoms. The molecule has 1 unspecified atom stereocenters. The largest absolute Gasteiger partial charge is 0.496 e. The Hall–Kier alpha value is -3.44. The normalized spacial score (nSPS) is 15.4. The van der Waals surface area contributed by atoms with Gasteiger partial charge in [0.05, 0.1) is 23.1 Å². The minimum absolute atomic E-state index is 0.00769. The molecule has 0 radical (unpaired) electrons. The zero-order chi connectivity index (χ0) is 27.0. The summed E-state index contributed by atoms with van der Waals surface area (Å²) in [5.41, 5.74) is 0.622. The molecule has 0 aliphatic heterocycles. The number of nitrogens with one attached hydrogen (secondary N) is 1. The van der Waals surface area contributed by atoms with Crippen LogP contribution in [0.2, 0.25) is 0 Å². The molecule has 0 fully saturated rings. The molecule has 2 N–H and O–H groups in total. The highest BCUT2D eigenvalue weighted by Gasteiger charge is 2.39.